The quantitative estimate of drug-likeness (QED) is 0.894. The van der Waals surface area contributed by atoms with Gasteiger partial charge in [0.2, 0.25) is 0 Å². The van der Waals surface area contributed by atoms with Crippen molar-refractivity contribution in [1.29, 1.82) is 0 Å². The summed E-state index contributed by atoms with van der Waals surface area (Å²) in [6, 6.07) is 9.41. The third kappa shape index (κ3) is 3.68. The van der Waals surface area contributed by atoms with E-state index >= 15 is 0 Å². The average molecular weight is 265 g/mol. The van der Waals surface area contributed by atoms with Crippen LogP contribution in [0, 0.1) is 0 Å². The van der Waals surface area contributed by atoms with Crippen molar-refractivity contribution in [3.05, 3.63) is 35.9 Å². The van der Waals surface area contributed by atoms with Crippen LogP contribution in [0.3, 0.4) is 0 Å². The molecule has 2 rings (SSSR count). The highest BCUT2D eigenvalue weighted by Crippen LogP contribution is 2.19. The number of amides is 1. The predicted molar refractivity (Wildman–Crippen MR) is 69.6 cm³/mol. The third-order valence-corrected chi connectivity index (χ3v) is 3.19. The zero-order chi connectivity index (χ0) is 13.7. The molecule has 1 amide bonds. The van der Waals surface area contributed by atoms with Crippen LogP contribution in [0.5, 0.6) is 0 Å². The maximum absolute atomic E-state index is 12.0. The molecule has 104 valence electrons. The van der Waals surface area contributed by atoms with E-state index in [9.17, 15) is 9.90 Å². The summed E-state index contributed by atoms with van der Waals surface area (Å²) in [6.07, 6.45) is -0.360. The Morgan fingerprint density at radius 3 is 2.84 bits per heavy atom. The Labute approximate surface area is 112 Å². The third-order valence-electron chi connectivity index (χ3n) is 3.19. The first-order chi connectivity index (χ1) is 9.20. The number of carbonyl (C=O) groups is 1. The first-order valence-corrected chi connectivity index (χ1v) is 6.35. The van der Waals surface area contributed by atoms with Gasteiger partial charge >= 0.3 is 6.09 Å². The summed E-state index contributed by atoms with van der Waals surface area (Å²) in [5, 5.41) is 9.63. The van der Waals surface area contributed by atoms with E-state index in [-0.39, 0.29) is 12.6 Å². The van der Waals surface area contributed by atoms with Gasteiger partial charge in [-0.25, -0.2) is 4.79 Å². The van der Waals surface area contributed by atoms with Gasteiger partial charge in [-0.1, -0.05) is 30.3 Å². The summed E-state index contributed by atoms with van der Waals surface area (Å²) in [4.78, 5) is 13.5. The number of likely N-dealkylation sites (tertiary alicyclic amines) is 1. The second-order valence-corrected chi connectivity index (χ2v) is 4.69. The number of carbonyl (C=O) groups excluding carboxylic acids is 1. The monoisotopic (exact) mass is 265 g/mol. The topological polar surface area (TPSA) is 59.0 Å². The Balaban J connectivity index is 1.88. The number of aliphatic hydroxyl groups is 1. The maximum Gasteiger partial charge on any atom is 0.410 e. The molecule has 1 aliphatic rings. The van der Waals surface area contributed by atoms with Gasteiger partial charge in [-0.15, -0.1) is 0 Å². The van der Waals surface area contributed by atoms with Crippen LogP contribution in [-0.2, 0) is 16.1 Å². The summed E-state index contributed by atoms with van der Waals surface area (Å²) in [6.45, 7) is 0.963. The number of hydrogen-bond donors (Lipinski definition) is 1. The van der Waals surface area contributed by atoms with Crippen LogP contribution < -0.4 is 0 Å². The lowest BCUT2D eigenvalue weighted by Crippen LogP contribution is -2.38. The molecule has 5 heteroatoms. The largest absolute Gasteiger partial charge is 0.445 e. The molecule has 2 atom stereocenters. The van der Waals surface area contributed by atoms with Crippen molar-refractivity contribution in [1.82, 2.24) is 4.90 Å². The summed E-state index contributed by atoms with van der Waals surface area (Å²) < 4.78 is 10.3. The molecule has 19 heavy (non-hydrogen) atoms. The standard InChI is InChI=1S/C14H19NO4/c1-18-10-12-7-13(16)8-15(12)14(17)19-9-11-5-3-2-4-6-11/h2-6,12-13,16H,7-10H2,1H3/t12-,13+/m0/s1. The minimum absolute atomic E-state index is 0.108. The molecule has 0 saturated carbocycles. The SMILES string of the molecule is COC[C@@H]1C[C@@H](O)CN1C(=O)OCc1ccccc1. The van der Waals surface area contributed by atoms with Gasteiger partial charge in [0.1, 0.15) is 6.61 Å². The number of hydrogen-bond acceptors (Lipinski definition) is 4. The van der Waals surface area contributed by atoms with Gasteiger partial charge in [0.05, 0.1) is 25.3 Å². The van der Waals surface area contributed by atoms with Crippen LogP contribution in [0.4, 0.5) is 4.79 Å². The van der Waals surface area contributed by atoms with Gasteiger partial charge in [0, 0.05) is 7.11 Å². The zero-order valence-corrected chi connectivity index (χ0v) is 11.0. The molecule has 1 aromatic rings. The first kappa shape index (κ1) is 13.8. The van der Waals surface area contributed by atoms with Crippen molar-refractivity contribution in [3.63, 3.8) is 0 Å². The Kier molecular flexibility index (Phi) is 4.76. The smallest absolute Gasteiger partial charge is 0.410 e. The fourth-order valence-electron chi connectivity index (χ4n) is 2.27. The lowest BCUT2D eigenvalue weighted by atomic mass is 10.2. The minimum Gasteiger partial charge on any atom is -0.445 e. The van der Waals surface area contributed by atoms with Gasteiger partial charge < -0.3 is 19.5 Å². The second-order valence-electron chi connectivity index (χ2n) is 4.69. The van der Waals surface area contributed by atoms with Crippen LogP contribution in [0.1, 0.15) is 12.0 Å². The van der Waals surface area contributed by atoms with Crippen LogP contribution in [0.15, 0.2) is 30.3 Å². The lowest BCUT2D eigenvalue weighted by molar-refractivity contribution is 0.0688. The van der Waals surface area contributed by atoms with Crippen molar-refractivity contribution in [2.24, 2.45) is 0 Å². The van der Waals surface area contributed by atoms with E-state index in [4.69, 9.17) is 9.47 Å². The normalized spacial score (nSPS) is 22.5. The number of ether oxygens (including phenoxy) is 2. The Hall–Kier alpha value is -1.59. The Bertz CT molecular complexity index is 409. The summed E-state index contributed by atoms with van der Waals surface area (Å²) in [5.41, 5.74) is 0.943. The van der Waals surface area contributed by atoms with E-state index in [1.54, 1.807) is 7.11 Å². The maximum atomic E-state index is 12.0. The summed E-state index contributed by atoms with van der Waals surface area (Å²) >= 11 is 0. The molecule has 1 fully saturated rings. The second kappa shape index (κ2) is 6.54. The fourth-order valence-corrected chi connectivity index (χ4v) is 2.27. The molecule has 1 heterocycles. The molecule has 0 aliphatic carbocycles. The lowest BCUT2D eigenvalue weighted by Gasteiger charge is -2.23. The highest BCUT2D eigenvalue weighted by molar-refractivity contribution is 5.68. The molecule has 1 aliphatic heterocycles. The average Bonchev–Trinajstić information content (AvgIpc) is 2.79. The number of nitrogens with zero attached hydrogens (tertiary/aromatic N) is 1. The van der Waals surface area contributed by atoms with E-state index < -0.39 is 12.2 Å². The van der Waals surface area contributed by atoms with E-state index in [0.717, 1.165) is 5.56 Å². The van der Waals surface area contributed by atoms with Gasteiger partial charge in [-0.2, -0.15) is 0 Å². The summed E-state index contributed by atoms with van der Waals surface area (Å²) in [5.74, 6) is 0. The van der Waals surface area contributed by atoms with Crippen LogP contribution in [-0.4, -0.2) is 48.5 Å². The molecule has 0 unspecified atom stereocenters. The number of β-amino-alcohol motifs (C(OH)–C–C–N with tert-alkyl or cyclic N) is 1. The first-order valence-electron chi connectivity index (χ1n) is 6.35. The molecular formula is C14H19NO4. The highest BCUT2D eigenvalue weighted by atomic mass is 16.6. The predicted octanol–water partition coefficient (Wildman–Crippen LogP) is 1.40. The van der Waals surface area contributed by atoms with E-state index in [1.807, 2.05) is 30.3 Å². The molecule has 0 radical (unpaired) electrons. The van der Waals surface area contributed by atoms with E-state index in [0.29, 0.717) is 19.6 Å². The van der Waals surface area contributed by atoms with E-state index in [2.05, 4.69) is 0 Å². The molecule has 0 aromatic heterocycles. The van der Waals surface area contributed by atoms with Crippen molar-refractivity contribution in [2.75, 3.05) is 20.3 Å². The van der Waals surface area contributed by atoms with Gasteiger partial charge in [0.25, 0.3) is 0 Å². The molecule has 1 N–H and O–H groups in total. The Morgan fingerprint density at radius 2 is 2.16 bits per heavy atom. The number of methoxy groups -OCH3 is 1. The molecule has 0 bridgehead atoms. The number of rotatable bonds is 4. The Morgan fingerprint density at radius 1 is 1.42 bits per heavy atom. The van der Waals surface area contributed by atoms with Crippen molar-refractivity contribution in [2.45, 2.75) is 25.2 Å². The van der Waals surface area contributed by atoms with Crippen molar-refractivity contribution >= 4 is 6.09 Å². The van der Waals surface area contributed by atoms with Crippen LogP contribution in [0.25, 0.3) is 0 Å². The summed E-state index contributed by atoms with van der Waals surface area (Å²) in [7, 11) is 1.58. The van der Waals surface area contributed by atoms with Crippen LogP contribution in [0.2, 0.25) is 0 Å². The van der Waals surface area contributed by atoms with E-state index in [1.165, 1.54) is 4.90 Å². The molecule has 5 nitrogen and oxygen atoms in total. The molecule has 1 aromatic carbocycles. The number of benzene rings is 1. The van der Waals surface area contributed by atoms with Gasteiger partial charge in [-0.05, 0) is 12.0 Å². The van der Waals surface area contributed by atoms with Crippen LogP contribution >= 0.6 is 0 Å². The minimum atomic E-state index is -0.496. The van der Waals surface area contributed by atoms with Gasteiger partial charge in [0.15, 0.2) is 0 Å². The zero-order valence-electron chi connectivity index (χ0n) is 11.0. The number of aliphatic hydroxyl groups excluding tert-OH is 1. The molecule has 1 saturated heterocycles. The fraction of sp³-hybridized carbons (Fsp3) is 0.500. The van der Waals surface area contributed by atoms with Crippen molar-refractivity contribution in [3.8, 4) is 0 Å². The molecule has 0 spiro atoms. The highest BCUT2D eigenvalue weighted by Gasteiger charge is 2.35. The van der Waals surface area contributed by atoms with Crippen molar-refractivity contribution < 1.29 is 19.4 Å². The van der Waals surface area contributed by atoms with Gasteiger partial charge in [-0.3, -0.25) is 0 Å². The molecular weight excluding hydrogens is 246 g/mol.